The molecule has 1 aromatic carbocycles. The molecule has 0 saturated carbocycles. The summed E-state index contributed by atoms with van der Waals surface area (Å²) in [5, 5.41) is 14.4. The van der Waals surface area contributed by atoms with Crippen molar-refractivity contribution in [1.29, 1.82) is 0 Å². The molecular formula is C36H51ClN4O10. The van der Waals surface area contributed by atoms with Gasteiger partial charge >= 0.3 is 12.1 Å². The van der Waals surface area contributed by atoms with Crippen molar-refractivity contribution < 1.29 is 48.0 Å². The number of nitrogens with two attached hydrogens (primary N) is 1. The number of aliphatic hydroxyl groups is 1. The number of epoxide rings is 1. The molecule has 0 spiro atoms. The molecule has 3 aliphatic heterocycles. The summed E-state index contributed by atoms with van der Waals surface area (Å²) in [6, 6.07) is 2.60. The van der Waals surface area contributed by atoms with Crippen molar-refractivity contribution in [1.82, 2.24) is 10.2 Å². The molecule has 0 aromatic heterocycles. The number of anilines is 1. The van der Waals surface area contributed by atoms with Gasteiger partial charge in [0.25, 0.3) is 0 Å². The summed E-state index contributed by atoms with van der Waals surface area (Å²) in [6.45, 7) is 7.29. The molecule has 4 N–H and O–H groups in total. The van der Waals surface area contributed by atoms with Gasteiger partial charge in [-0.25, -0.2) is 9.59 Å². The van der Waals surface area contributed by atoms with Crippen LogP contribution in [0.5, 0.6) is 5.75 Å². The minimum Gasteiger partial charge on any atom is -0.495 e. The highest BCUT2D eigenvalue weighted by Crippen LogP contribution is 2.49. The zero-order chi connectivity index (χ0) is 37.8. The second-order valence-corrected chi connectivity index (χ2v) is 14.2. The van der Waals surface area contributed by atoms with E-state index in [1.54, 1.807) is 52.1 Å². The van der Waals surface area contributed by atoms with E-state index in [2.05, 4.69) is 5.32 Å². The van der Waals surface area contributed by atoms with Gasteiger partial charge in [0.15, 0.2) is 5.72 Å². The van der Waals surface area contributed by atoms with E-state index in [4.69, 9.17) is 41.0 Å². The number of hydrogen-bond acceptors (Lipinski definition) is 11. The summed E-state index contributed by atoms with van der Waals surface area (Å²) >= 11 is 6.74. The van der Waals surface area contributed by atoms with Crippen LogP contribution in [0.4, 0.5) is 10.5 Å². The van der Waals surface area contributed by atoms with Gasteiger partial charge in [0.05, 0.1) is 25.3 Å². The monoisotopic (exact) mass is 734 g/mol. The number of halogens is 1. The number of nitrogens with one attached hydrogen (secondary N) is 1. The van der Waals surface area contributed by atoms with Crippen LogP contribution in [0, 0.1) is 5.92 Å². The highest BCUT2D eigenvalue weighted by Gasteiger charge is 2.64. The van der Waals surface area contributed by atoms with Crippen LogP contribution in [0.25, 0.3) is 0 Å². The van der Waals surface area contributed by atoms with E-state index in [-0.39, 0.29) is 30.2 Å². The first-order chi connectivity index (χ1) is 24.0. The van der Waals surface area contributed by atoms with Gasteiger partial charge in [-0.05, 0) is 57.9 Å². The first-order valence-electron chi connectivity index (χ1n) is 17.0. The maximum atomic E-state index is 14.1. The third-order valence-electron chi connectivity index (χ3n) is 10.1. The highest BCUT2D eigenvalue weighted by atomic mass is 35.5. The average Bonchev–Trinajstić information content (AvgIpc) is 3.79. The zero-order valence-electron chi connectivity index (χ0n) is 30.6. The Hall–Kier alpha value is -3.69. The average molecular weight is 735 g/mol. The molecule has 15 heteroatoms. The Morgan fingerprint density at radius 3 is 2.63 bits per heavy atom. The number of likely N-dealkylation sites (N-methyl/N-ethyl adjacent to an activating group) is 1. The lowest BCUT2D eigenvalue weighted by Crippen LogP contribution is -2.63. The second kappa shape index (κ2) is 16.3. The largest absolute Gasteiger partial charge is 0.495 e. The maximum Gasteiger partial charge on any atom is 0.409 e. The van der Waals surface area contributed by atoms with Crippen LogP contribution in [-0.2, 0) is 39.8 Å². The fraction of sp³-hybridized carbons (Fsp3) is 0.611. The van der Waals surface area contributed by atoms with Crippen molar-refractivity contribution in [3.63, 3.8) is 0 Å². The van der Waals surface area contributed by atoms with Gasteiger partial charge in [0.1, 0.15) is 40.7 Å². The van der Waals surface area contributed by atoms with E-state index >= 15 is 0 Å². The Bertz CT molecular complexity index is 1550. The number of rotatable bonds is 8. The van der Waals surface area contributed by atoms with Gasteiger partial charge in [-0.2, -0.15) is 0 Å². The Balaban J connectivity index is 1.76. The smallest absolute Gasteiger partial charge is 0.409 e. The van der Waals surface area contributed by atoms with Gasteiger partial charge in [0.2, 0.25) is 11.8 Å². The maximum absolute atomic E-state index is 14.1. The molecule has 8 atom stereocenters. The molecule has 2 fully saturated rings. The van der Waals surface area contributed by atoms with Crippen molar-refractivity contribution in [2.24, 2.45) is 11.7 Å². The Kier molecular flexibility index (Phi) is 12.8. The number of ether oxygens (including phenoxy) is 5. The topological polar surface area (TPSA) is 182 Å². The summed E-state index contributed by atoms with van der Waals surface area (Å²) in [6.07, 6.45) is 1.55. The Morgan fingerprint density at radius 1 is 1.27 bits per heavy atom. The lowest BCUT2D eigenvalue weighted by atomic mass is 9.83. The minimum atomic E-state index is -1.82. The van der Waals surface area contributed by atoms with Crippen LogP contribution in [-0.4, -0.2) is 111 Å². The molecular weight excluding hydrogens is 684 g/mol. The van der Waals surface area contributed by atoms with Gasteiger partial charge in [-0.3, -0.25) is 14.9 Å². The van der Waals surface area contributed by atoms with Crippen LogP contribution in [0.2, 0.25) is 5.02 Å². The second-order valence-electron chi connectivity index (χ2n) is 13.8. The van der Waals surface area contributed by atoms with Gasteiger partial charge in [0, 0.05) is 40.0 Å². The number of carbonyl (C=O) groups is 4. The fourth-order valence-electron chi connectivity index (χ4n) is 6.65. The number of alkyl carbamates (subject to hydrolysis) is 1. The number of esters is 1. The Morgan fingerprint density at radius 2 is 1.98 bits per heavy atom. The summed E-state index contributed by atoms with van der Waals surface area (Å²) in [5.74, 6) is -1.61. The normalized spacial score (nSPS) is 31.9. The molecule has 14 nitrogen and oxygen atoms in total. The molecule has 3 aliphatic rings. The predicted molar refractivity (Wildman–Crippen MR) is 189 cm³/mol. The van der Waals surface area contributed by atoms with Crippen LogP contribution >= 0.6 is 11.6 Å². The first-order valence-corrected chi connectivity index (χ1v) is 17.4. The summed E-state index contributed by atoms with van der Waals surface area (Å²) in [7, 11) is 5.99. The van der Waals surface area contributed by atoms with Gasteiger partial charge < -0.3 is 44.3 Å². The first kappa shape index (κ1) is 40.1. The molecule has 0 radical (unpaired) electrons. The van der Waals surface area contributed by atoms with Gasteiger partial charge in [-0.1, -0.05) is 42.3 Å². The van der Waals surface area contributed by atoms with Gasteiger partial charge in [-0.15, -0.1) is 0 Å². The van der Waals surface area contributed by atoms with Crippen LogP contribution in [0.15, 0.2) is 35.9 Å². The standard InChI is InChI=1S/C36H51ClN4O10/c1-20-11-9-12-27(48-8)36(46)19-26(49-34(45)39-36)21(2)32-35(4,51-32)28(50-33(44)22(3)40(5)29(42)13-10-14-38)18-30(43)41(6)24-16-23(15-20)17-25(47-7)31(24)37/h9,11-12,16-17,21-22,26-28,32,46H,10,13-15,18-19,38H2,1-8H3,(H,39,45)/b12-9+,20-11+/t21-,22+,26+,27-,28+,32+,35+,36+/m1/s1. The molecule has 0 aliphatic carbocycles. The van der Waals surface area contributed by atoms with E-state index in [1.165, 1.54) is 31.1 Å². The number of amides is 3. The highest BCUT2D eigenvalue weighted by molar-refractivity contribution is 6.35. The number of allylic oxidation sites excluding steroid dienone is 3. The molecule has 51 heavy (non-hydrogen) atoms. The number of hydrogen-bond donors (Lipinski definition) is 3. The van der Waals surface area contributed by atoms with Crippen LogP contribution in [0.1, 0.15) is 58.9 Å². The summed E-state index contributed by atoms with van der Waals surface area (Å²) < 4.78 is 29.1. The molecule has 2 saturated heterocycles. The molecule has 282 valence electrons. The van der Waals surface area contributed by atoms with E-state index in [0.717, 1.165) is 11.1 Å². The summed E-state index contributed by atoms with van der Waals surface area (Å²) in [5.41, 5.74) is 4.65. The van der Waals surface area contributed by atoms with Crippen molar-refractivity contribution >= 4 is 41.2 Å². The van der Waals surface area contributed by atoms with Crippen LogP contribution < -0.4 is 20.7 Å². The number of benzene rings is 1. The van der Waals surface area contributed by atoms with Crippen molar-refractivity contribution in [3.05, 3.63) is 46.5 Å². The minimum absolute atomic E-state index is 0.0512. The SMILES string of the molecule is COc1cc2cc(c1Cl)N(C)C(=O)C[C@H](OC(=O)[C@H](C)N(C)C(=O)CCCN)[C@]1(C)O[C@H]1[C@H](C)[C@@H]1C[C@@](O)(NC(=O)O1)[C@H](OC)/C=C/C=C(\C)C2. The number of fused-ring (bicyclic) bond motifs is 5. The fourth-order valence-corrected chi connectivity index (χ4v) is 6.96. The molecule has 4 bridgehead atoms. The number of nitrogens with zero attached hydrogens (tertiary/aromatic N) is 2. The lowest BCUT2D eigenvalue weighted by Gasteiger charge is -2.42. The van der Waals surface area contributed by atoms with Crippen molar-refractivity contribution in [3.8, 4) is 5.75 Å². The zero-order valence-corrected chi connectivity index (χ0v) is 31.3. The van der Waals surface area contributed by atoms with E-state index in [0.29, 0.717) is 30.8 Å². The van der Waals surface area contributed by atoms with Crippen LogP contribution in [0.3, 0.4) is 0 Å². The lowest BCUT2D eigenvalue weighted by molar-refractivity contribution is -0.162. The predicted octanol–water partition coefficient (Wildman–Crippen LogP) is 3.25. The molecule has 3 amide bonds. The number of carbonyl (C=O) groups excluding carboxylic acids is 4. The van der Waals surface area contributed by atoms with E-state index in [9.17, 15) is 24.3 Å². The van der Waals surface area contributed by atoms with Crippen molar-refractivity contribution in [2.45, 2.75) is 102 Å². The summed E-state index contributed by atoms with van der Waals surface area (Å²) in [4.78, 5) is 55.9. The third kappa shape index (κ3) is 8.86. The molecule has 4 rings (SSSR count). The molecule has 0 unspecified atom stereocenters. The third-order valence-corrected chi connectivity index (χ3v) is 10.5. The molecule has 3 heterocycles. The van der Waals surface area contributed by atoms with E-state index < -0.39 is 65.7 Å². The molecule has 1 aromatic rings. The van der Waals surface area contributed by atoms with E-state index in [1.807, 2.05) is 13.0 Å². The van der Waals surface area contributed by atoms with Crippen molar-refractivity contribution in [2.75, 3.05) is 39.8 Å². The Labute approximate surface area is 304 Å². The quantitative estimate of drug-likeness (QED) is 0.263. The number of methoxy groups -OCH3 is 2.